The van der Waals surface area contributed by atoms with Gasteiger partial charge in [-0.3, -0.25) is 4.79 Å². The summed E-state index contributed by atoms with van der Waals surface area (Å²) in [5.74, 6) is -1.35. The third-order valence-corrected chi connectivity index (χ3v) is 3.34. The Bertz CT molecular complexity index is 748. The van der Waals surface area contributed by atoms with Crippen LogP contribution < -0.4 is 5.56 Å². The number of rotatable bonds is 3. The number of hydrogen-bond acceptors (Lipinski definition) is 2. The lowest BCUT2D eigenvalue weighted by Crippen LogP contribution is -2.28. The van der Waals surface area contributed by atoms with E-state index < -0.39 is 29.3 Å². The van der Waals surface area contributed by atoms with E-state index in [4.69, 9.17) is 5.11 Å². The lowest BCUT2D eigenvalue weighted by molar-refractivity contribution is -0.137. The van der Waals surface area contributed by atoms with Crippen LogP contribution in [0.4, 0.5) is 13.2 Å². The summed E-state index contributed by atoms with van der Waals surface area (Å²) in [7, 11) is 0. The zero-order valence-electron chi connectivity index (χ0n) is 11.5. The summed E-state index contributed by atoms with van der Waals surface area (Å²) in [5.41, 5.74) is -1.41. The first-order valence-electron chi connectivity index (χ1n) is 6.33. The van der Waals surface area contributed by atoms with E-state index in [1.807, 2.05) is 0 Å². The highest BCUT2D eigenvalue weighted by atomic mass is 19.4. The zero-order valence-corrected chi connectivity index (χ0v) is 11.5. The molecule has 1 aromatic heterocycles. The van der Waals surface area contributed by atoms with Crippen molar-refractivity contribution in [2.45, 2.75) is 19.1 Å². The molecular weight excluding hydrogens is 299 g/mol. The summed E-state index contributed by atoms with van der Waals surface area (Å²) >= 11 is 0. The fraction of sp³-hybridized carbons (Fsp3) is 0.200. The van der Waals surface area contributed by atoms with Crippen LogP contribution in [-0.4, -0.2) is 15.6 Å². The van der Waals surface area contributed by atoms with E-state index >= 15 is 0 Å². The van der Waals surface area contributed by atoms with Gasteiger partial charge in [-0.1, -0.05) is 12.1 Å². The highest BCUT2D eigenvalue weighted by Gasteiger charge is 2.30. The fourth-order valence-electron chi connectivity index (χ4n) is 2.09. The molecule has 0 fully saturated rings. The second-order valence-electron chi connectivity index (χ2n) is 4.74. The zero-order chi connectivity index (χ0) is 16.5. The molecule has 1 aromatic carbocycles. The van der Waals surface area contributed by atoms with Crippen LogP contribution in [0.2, 0.25) is 0 Å². The molecule has 0 aliphatic heterocycles. The Hall–Kier alpha value is -2.57. The molecule has 4 nitrogen and oxygen atoms in total. The molecule has 0 saturated heterocycles. The average Bonchev–Trinajstić information content (AvgIpc) is 2.45. The van der Waals surface area contributed by atoms with Gasteiger partial charge in [-0.25, -0.2) is 4.79 Å². The normalized spacial score (nSPS) is 12.9. The maximum atomic E-state index is 12.5. The Balaban J connectivity index is 2.41. The maximum Gasteiger partial charge on any atom is 0.416 e. The number of alkyl halides is 3. The largest absolute Gasteiger partial charge is 0.477 e. The number of carbonyl (C=O) groups is 1. The van der Waals surface area contributed by atoms with Gasteiger partial charge in [-0.2, -0.15) is 13.2 Å². The predicted molar refractivity (Wildman–Crippen MR) is 72.9 cm³/mol. The van der Waals surface area contributed by atoms with Gasteiger partial charge < -0.3 is 9.67 Å². The Morgan fingerprint density at radius 1 is 1.18 bits per heavy atom. The summed E-state index contributed by atoms with van der Waals surface area (Å²) < 4.78 is 38.8. The van der Waals surface area contributed by atoms with Crippen molar-refractivity contribution in [3.05, 3.63) is 69.6 Å². The van der Waals surface area contributed by atoms with Crippen molar-refractivity contribution in [3.8, 4) is 0 Å². The first kappa shape index (κ1) is 15.8. The lowest BCUT2D eigenvalue weighted by atomic mass is 10.1. The van der Waals surface area contributed by atoms with Gasteiger partial charge in [0.1, 0.15) is 5.56 Å². The Morgan fingerprint density at radius 2 is 1.77 bits per heavy atom. The molecule has 0 radical (unpaired) electrons. The number of carboxylic acids is 1. The predicted octanol–water partition coefficient (Wildman–Crippen LogP) is 3.17. The van der Waals surface area contributed by atoms with Crippen molar-refractivity contribution < 1.29 is 23.1 Å². The van der Waals surface area contributed by atoms with Crippen LogP contribution in [0, 0.1) is 0 Å². The molecule has 1 atom stereocenters. The minimum Gasteiger partial charge on any atom is -0.477 e. The smallest absolute Gasteiger partial charge is 0.416 e. The number of aromatic nitrogens is 1. The second-order valence-corrected chi connectivity index (χ2v) is 4.74. The molecule has 0 aliphatic rings. The number of nitrogens with zero attached hydrogens (tertiary/aromatic N) is 1. The molecule has 0 amide bonds. The van der Waals surface area contributed by atoms with Crippen molar-refractivity contribution in [2.75, 3.05) is 0 Å². The lowest BCUT2D eigenvalue weighted by Gasteiger charge is -2.17. The Morgan fingerprint density at radius 3 is 2.27 bits per heavy atom. The number of hydrogen-bond donors (Lipinski definition) is 1. The summed E-state index contributed by atoms with van der Waals surface area (Å²) in [6.45, 7) is 1.61. The van der Waals surface area contributed by atoms with Crippen LogP contribution >= 0.6 is 0 Å². The number of carboxylic acid groups (broad SMARTS) is 1. The van der Waals surface area contributed by atoms with Gasteiger partial charge in [0, 0.05) is 6.20 Å². The van der Waals surface area contributed by atoms with Crippen LogP contribution in [0.5, 0.6) is 0 Å². The molecule has 0 saturated carbocycles. The molecular formula is C15H12F3NO3. The van der Waals surface area contributed by atoms with Gasteiger partial charge in [0.15, 0.2) is 0 Å². The van der Waals surface area contributed by atoms with Gasteiger partial charge in [-0.05, 0) is 36.8 Å². The Kier molecular flexibility index (Phi) is 4.07. The van der Waals surface area contributed by atoms with E-state index in [-0.39, 0.29) is 5.56 Å². The minimum absolute atomic E-state index is 0.388. The average molecular weight is 311 g/mol. The molecule has 0 bridgehead atoms. The van der Waals surface area contributed by atoms with Gasteiger partial charge in [0.2, 0.25) is 0 Å². The first-order valence-corrected chi connectivity index (χ1v) is 6.33. The van der Waals surface area contributed by atoms with Crippen molar-refractivity contribution in [1.82, 2.24) is 4.57 Å². The molecule has 2 aromatic rings. The Labute approximate surface area is 123 Å². The molecule has 7 heteroatoms. The monoisotopic (exact) mass is 311 g/mol. The number of pyridine rings is 1. The minimum atomic E-state index is -4.43. The third-order valence-electron chi connectivity index (χ3n) is 3.34. The second kappa shape index (κ2) is 5.67. The first-order chi connectivity index (χ1) is 10.2. The van der Waals surface area contributed by atoms with E-state index in [1.165, 1.54) is 35.0 Å². The van der Waals surface area contributed by atoms with Crippen LogP contribution in [-0.2, 0) is 6.18 Å². The third kappa shape index (κ3) is 3.03. The van der Waals surface area contributed by atoms with E-state index in [0.717, 1.165) is 12.1 Å². The SMILES string of the molecule is CC(c1ccc(C(F)(F)F)cc1)n1cccc(C(=O)O)c1=O. The number of halogens is 3. The summed E-state index contributed by atoms with van der Waals surface area (Å²) in [4.78, 5) is 23.0. The van der Waals surface area contributed by atoms with Crippen molar-refractivity contribution in [2.24, 2.45) is 0 Å². The van der Waals surface area contributed by atoms with E-state index in [2.05, 4.69) is 0 Å². The number of benzene rings is 1. The van der Waals surface area contributed by atoms with Gasteiger partial charge >= 0.3 is 12.1 Å². The summed E-state index contributed by atoms with van der Waals surface area (Å²) in [6, 6.07) is 6.40. The van der Waals surface area contributed by atoms with Gasteiger partial charge in [0.25, 0.3) is 5.56 Å². The van der Waals surface area contributed by atoms with Crippen LogP contribution in [0.3, 0.4) is 0 Å². The van der Waals surface area contributed by atoms with Crippen molar-refractivity contribution in [3.63, 3.8) is 0 Å². The molecule has 0 aliphatic carbocycles. The maximum absolute atomic E-state index is 12.5. The van der Waals surface area contributed by atoms with Crippen LogP contribution in [0.1, 0.15) is 34.5 Å². The highest BCUT2D eigenvalue weighted by Crippen LogP contribution is 2.30. The molecule has 1 N–H and O–H groups in total. The molecule has 22 heavy (non-hydrogen) atoms. The highest BCUT2D eigenvalue weighted by molar-refractivity contribution is 5.87. The standard InChI is InChI=1S/C15H12F3NO3/c1-9(10-4-6-11(7-5-10)15(16,17)18)19-8-2-3-12(13(19)20)14(21)22/h2-9H,1H3,(H,21,22). The van der Waals surface area contributed by atoms with Crippen molar-refractivity contribution in [1.29, 1.82) is 0 Å². The van der Waals surface area contributed by atoms with E-state index in [1.54, 1.807) is 6.92 Å². The van der Waals surface area contributed by atoms with Crippen molar-refractivity contribution >= 4 is 5.97 Å². The van der Waals surface area contributed by atoms with Crippen LogP contribution in [0.25, 0.3) is 0 Å². The molecule has 0 spiro atoms. The molecule has 1 heterocycles. The molecule has 116 valence electrons. The summed E-state index contributed by atoms with van der Waals surface area (Å²) in [6.07, 6.45) is -3.03. The van der Waals surface area contributed by atoms with Crippen LogP contribution in [0.15, 0.2) is 47.4 Å². The quantitative estimate of drug-likeness (QED) is 0.947. The molecule has 1 unspecified atom stereocenters. The number of aromatic carboxylic acids is 1. The van der Waals surface area contributed by atoms with E-state index in [9.17, 15) is 22.8 Å². The fourth-order valence-corrected chi connectivity index (χ4v) is 2.09. The van der Waals surface area contributed by atoms with Gasteiger partial charge in [0.05, 0.1) is 11.6 Å². The molecule has 2 rings (SSSR count). The van der Waals surface area contributed by atoms with Gasteiger partial charge in [-0.15, -0.1) is 0 Å². The summed E-state index contributed by atoms with van der Waals surface area (Å²) in [5, 5.41) is 8.93. The van der Waals surface area contributed by atoms with E-state index in [0.29, 0.717) is 5.56 Å². The topological polar surface area (TPSA) is 59.3 Å².